The lowest BCUT2D eigenvalue weighted by Gasteiger charge is -2.24. The van der Waals surface area contributed by atoms with Gasteiger partial charge >= 0.3 is 5.97 Å². The Morgan fingerprint density at radius 2 is 2.00 bits per heavy atom. The minimum Gasteiger partial charge on any atom is -0.480 e. The molecule has 0 aliphatic carbocycles. The van der Waals surface area contributed by atoms with Crippen LogP contribution >= 0.6 is 0 Å². The number of carbonyl (C=O) groups is 1. The van der Waals surface area contributed by atoms with Crippen LogP contribution in [-0.4, -0.2) is 48.2 Å². The molecule has 2 N–H and O–H groups in total. The van der Waals surface area contributed by atoms with E-state index in [1.54, 1.807) is 0 Å². The second-order valence-electron chi connectivity index (χ2n) is 3.74. The number of hydrogen-bond acceptors (Lipinski definition) is 3. The molecule has 0 spiro atoms. The zero-order valence-electron chi connectivity index (χ0n) is 10.1. The van der Waals surface area contributed by atoms with Crippen molar-refractivity contribution in [1.82, 2.24) is 10.2 Å². The minimum atomic E-state index is -0.752. The largest absolute Gasteiger partial charge is 0.480 e. The van der Waals surface area contributed by atoms with Gasteiger partial charge in [-0.3, -0.25) is 4.79 Å². The topological polar surface area (TPSA) is 52.6 Å². The summed E-state index contributed by atoms with van der Waals surface area (Å²) >= 11 is 0. The SMILES string of the molecule is CCCNC(CN(CC)CCC)C(=O)O. The summed E-state index contributed by atoms with van der Waals surface area (Å²) in [4.78, 5) is 13.1. The molecule has 15 heavy (non-hydrogen) atoms. The van der Waals surface area contributed by atoms with E-state index < -0.39 is 12.0 Å². The molecule has 0 radical (unpaired) electrons. The van der Waals surface area contributed by atoms with Crippen LogP contribution in [0.1, 0.15) is 33.6 Å². The number of nitrogens with zero attached hydrogens (tertiary/aromatic N) is 1. The second-order valence-corrected chi connectivity index (χ2v) is 3.74. The Kier molecular flexibility index (Phi) is 8.33. The molecule has 0 aliphatic heterocycles. The molecule has 0 bridgehead atoms. The van der Waals surface area contributed by atoms with E-state index in [1.165, 1.54) is 0 Å². The molecule has 0 saturated carbocycles. The van der Waals surface area contributed by atoms with Crippen molar-refractivity contribution >= 4 is 5.97 Å². The van der Waals surface area contributed by atoms with Gasteiger partial charge in [-0.25, -0.2) is 0 Å². The maximum Gasteiger partial charge on any atom is 0.322 e. The molecular weight excluding hydrogens is 192 g/mol. The standard InChI is InChI=1S/C11H24N2O2/c1-4-7-12-10(11(14)15)9-13(6-3)8-5-2/h10,12H,4-9H2,1-3H3,(H,14,15). The normalized spacial score (nSPS) is 13.1. The molecule has 0 rings (SSSR count). The van der Waals surface area contributed by atoms with Crippen LogP contribution in [0.2, 0.25) is 0 Å². The van der Waals surface area contributed by atoms with Crippen molar-refractivity contribution in [2.24, 2.45) is 0 Å². The lowest BCUT2D eigenvalue weighted by atomic mass is 10.2. The molecule has 1 atom stereocenters. The van der Waals surface area contributed by atoms with E-state index in [-0.39, 0.29) is 0 Å². The van der Waals surface area contributed by atoms with Crippen LogP contribution in [0.15, 0.2) is 0 Å². The van der Waals surface area contributed by atoms with Crippen LogP contribution in [0.3, 0.4) is 0 Å². The molecule has 0 fully saturated rings. The summed E-state index contributed by atoms with van der Waals surface area (Å²) in [7, 11) is 0. The van der Waals surface area contributed by atoms with Gasteiger partial charge in [-0.15, -0.1) is 0 Å². The summed E-state index contributed by atoms with van der Waals surface area (Å²) in [6.45, 7) is 9.45. The average molecular weight is 216 g/mol. The van der Waals surface area contributed by atoms with E-state index in [9.17, 15) is 4.79 Å². The highest BCUT2D eigenvalue weighted by molar-refractivity contribution is 5.73. The second kappa shape index (κ2) is 8.68. The van der Waals surface area contributed by atoms with Crippen molar-refractivity contribution in [2.45, 2.75) is 39.7 Å². The summed E-state index contributed by atoms with van der Waals surface area (Å²) in [5.74, 6) is -0.752. The predicted molar refractivity (Wildman–Crippen MR) is 62.1 cm³/mol. The van der Waals surface area contributed by atoms with Crippen LogP contribution in [-0.2, 0) is 4.79 Å². The molecule has 1 unspecified atom stereocenters. The van der Waals surface area contributed by atoms with Gasteiger partial charge in [-0.05, 0) is 32.5 Å². The van der Waals surface area contributed by atoms with Gasteiger partial charge in [0, 0.05) is 6.54 Å². The Balaban J connectivity index is 4.06. The third-order valence-electron chi connectivity index (χ3n) is 2.37. The predicted octanol–water partition coefficient (Wildman–Crippen LogP) is 1.17. The Morgan fingerprint density at radius 1 is 1.33 bits per heavy atom. The third-order valence-corrected chi connectivity index (χ3v) is 2.37. The van der Waals surface area contributed by atoms with Crippen molar-refractivity contribution in [3.8, 4) is 0 Å². The summed E-state index contributed by atoms with van der Waals surface area (Å²) < 4.78 is 0. The highest BCUT2D eigenvalue weighted by Gasteiger charge is 2.18. The zero-order valence-corrected chi connectivity index (χ0v) is 10.1. The van der Waals surface area contributed by atoms with Gasteiger partial charge in [0.15, 0.2) is 0 Å². The first-order chi connectivity index (χ1) is 7.15. The van der Waals surface area contributed by atoms with Crippen LogP contribution in [0.5, 0.6) is 0 Å². The molecule has 0 heterocycles. The lowest BCUT2D eigenvalue weighted by molar-refractivity contribution is -0.140. The number of hydrogen-bond donors (Lipinski definition) is 2. The Hall–Kier alpha value is -0.610. The van der Waals surface area contributed by atoms with E-state index in [0.29, 0.717) is 6.54 Å². The molecule has 0 aliphatic rings. The Bertz CT molecular complexity index is 174. The summed E-state index contributed by atoms with van der Waals surface area (Å²) in [5.41, 5.74) is 0. The molecule has 0 aromatic heterocycles. The monoisotopic (exact) mass is 216 g/mol. The van der Waals surface area contributed by atoms with Crippen molar-refractivity contribution < 1.29 is 9.90 Å². The first-order valence-corrected chi connectivity index (χ1v) is 5.84. The fourth-order valence-corrected chi connectivity index (χ4v) is 1.50. The quantitative estimate of drug-likeness (QED) is 0.607. The smallest absolute Gasteiger partial charge is 0.322 e. The van der Waals surface area contributed by atoms with Gasteiger partial charge in [0.25, 0.3) is 0 Å². The van der Waals surface area contributed by atoms with E-state index in [4.69, 9.17) is 5.11 Å². The number of carboxylic acids is 1. The van der Waals surface area contributed by atoms with E-state index in [2.05, 4.69) is 24.1 Å². The van der Waals surface area contributed by atoms with E-state index in [1.807, 2.05) is 6.92 Å². The molecule has 0 amide bonds. The number of rotatable bonds is 9. The van der Waals surface area contributed by atoms with Crippen LogP contribution < -0.4 is 5.32 Å². The maximum atomic E-state index is 11.0. The van der Waals surface area contributed by atoms with Gasteiger partial charge < -0.3 is 15.3 Å². The van der Waals surface area contributed by atoms with Gasteiger partial charge in [0.05, 0.1) is 0 Å². The van der Waals surface area contributed by atoms with E-state index in [0.717, 1.165) is 32.5 Å². The first-order valence-electron chi connectivity index (χ1n) is 5.84. The number of nitrogens with one attached hydrogen (secondary N) is 1. The van der Waals surface area contributed by atoms with Crippen molar-refractivity contribution in [3.63, 3.8) is 0 Å². The Labute approximate surface area is 92.7 Å². The van der Waals surface area contributed by atoms with Crippen LogP contribution in [0.4, 0.5) is 0 Å². The fourth-order valence-electron chi connectivity index (χ4n) is 1.50. The number of likely N-dealkylation sites (N-methyl/N-ethyl adjacent to an activating group) is 1. The molecule has 0 saturated heterocycles. The molecule has 4 heteroatoms. The Morgan fingerprint density at radius 3 is 2.40 bits per heavy atom. The third kappa shape index (κ3) is 6.47. The molecule has 0 aromatic rings. The molecule has 4 nitrogen and oxygen atoms in total. The zero-order chi connectivity index (χ0) is 11.7. The van der Waals surface area contributed by atoms with E-state index >= 15 is 0 Å². The summed E-state index contributed by atoms with van der Waals surface area (Å²) in [6, 6.07) is -0.434. The lowest BCUT2D eigenvalue weighted by Crippen LogP contribution is -2.46. The van der Waals surface area contributed by atoms with Crippen LogP contribution in [0.25, 0.3) is 0 Å². The fraction of sp³-hybridized carbons (Fsp3) is 0.909. The number of aliphatic carboxylic acids is 1. The van der Waals surface area contributed by atoms with Gasteiger partial charge in [-0.1, -0.05) is 20.8 Å². The molecular formula is C11H24N2O2. The van der Waals surface area contributed by atoms with Gasteiger partial charge in [0.1, 0.15) is 6.04 Å². The maximum absolute atomic E-state index is 11.0. The van der Waals surface area contributed by atoms with Gasteiger partial charge in [0.2, 0.25) is 0 Å². The van der Waals surface area contributed by atoms with Crippen molar-refractivity contribution in [1.29, 1.82) is 0 Å². The van der Waals surface area contributed by atoms with Gasteiger partial charge in [-0.2, -0.15) is 0 Å². The summed E-state index contributed by atoms with van der Waals surface area (Å²) in [5, 5.41) is 12.1. The summed E-state index contributed by atoms with van der Waals surface area (Å²) in [6.07, 6.45) is 2.03. The average Bonchev–Trinajstić information content (AvgIpc) is 2.22. The van der Waals surface area contributed by atoms with Crippen LogP contribution in [0, 0.1) is 0 Å². The van der Waals surface area contributed by atoms with Crippen molar-refractivity contribution in [3.05, 3.63) is 0 Å². The number of carboxylic acid groups (broad SMARTS) is 1. The highest BCUT2D eigenvalue weighted by Crippen LogP contribution is 1.95. The van der Waals surface area contributed by atoms with Crippen molar-refractivity contribution in [2.75, 3.05) is 26.2 Å². The minimum absolute atomic E-state index is 0.434. The first kappa shape index (κ1) is 14.4. The molecule has 0 aromatic carbocycles. The highest BCUT2D eigenvalue weighted by atomic mass is 16.4. The molecule has 90 valence electrons.